The third kappa shape index (κ3) is 8.96. The van der Waals surface area contributed by atoms with Crippen LogP contribution in [0.5, 0.6) is 0 Å². The van der Waals surface area contributed by atoms with Gasteiger partial charge in [-0.15, -0.1) is 0 Å². The molecule has 0 spiro atoms. The van der Waals surface area contributed by atoms with Crippen LogP contribution in [0.4, 0.5) is 299 Å². The first-order valence-corrected chi connectivity index (χ1v) is 35.8. The molecule has 80 heteroatoms. The van der Waals surface area contributed by atoms with Crippen LogP contribution in [0.3, 0.4) is 0 Å². The van der Waals surface area contributed by atoms with Crippen molar-refractivity contribution in [1.82, 2.24) is 0 Å². The van der Waals surface area contributed by atoms with E-state index in [-0.39, 0.29) is 0 Å². The minimum absolute atomic E-state index is 2.70. The summed E-state index contributed by atoms with van der Waals surface area (Å²) in [4.78, 5) is 0. The fourth-order valence-corrected chi connectivity index (χ4v) is 20.4. The molecule has 4 N–H and O–H groups in total. The zero-order chi connectivity index (χ0) is 111. The molecule has 0 radical (unpaired) electrons. The van der Waals surface area contributed by atoms with Gasteiger partial charge in [0, 0.05) is 0 Å². The minimum atomic E-state index is -9.26. The van der Waals surface area contributed by atoms with Crippen molar-refractivity contribution in [3.8, 4) is 0 Å². The average molecular weight is 2250 g/mol. The standard InChI is InChI=1S/C61H32F68O12/c62-18(22(66)38(82,83)30(74)40(86,87)23(18,67)41(88,89)31(75,39(22,84)85)54(30,114)115)58(122,123)138-5-13(130)1-134-9-17(10-135-2-14(131)6-139-59(124,125)19(63)24(68)42(90,91)32(76)44(94,95)25(19,69)45(96,97)33(77,43(24,92)93)55(32,116)117,11-136-3-15(132)7-140-60(126,127)20(64)26(70)46(98,99)34(78)48(102,103)27(20,71)49(104,105)35(79,47(26,100)101)56(34,118)119)12-137-4-16(133)8-141-61(128,129)21(65)28(72)50(106,107)36(80)52(110,111)29(21,73)53(112,113)37(81,51(28,108)109)57(36,120)121/h13-16,130-133H,1-12H2. The molecule has 0 amide bonds. The van der Waals surface area contributed by atoms with Crippen LogP contribution in [0.15, 0.2) is 0 Å². The van der Waals surface area contributed by atoms with Gasteiger partial charge < -0.3 is 58.3 Å². The third-order valence-electron chi connectivity index (χ3n) is 27.4. The molecule has 0 aromatic carbocycles. The van der Waals surface area contributed by atoms with E-state index in [2.05, 4.69) is 37.9 Å². The summed E-state index contributed by atoms with van der Waals surface area (Å²) in [5.41, 5.74) is -186. The Hall–Kier alpha value is -5.24. The topological polar surface area (TPSA) is 155 Å². The van der Waals surface area contributed by atoms with Gasteiger partial charge in [0.25, 0.3) is 68.0 Å². The van der Waals surface area contributed by atoms with Crippen molar-refractivity contribution in [2.45, 2.75) is 281 Å². The zero-order valence-corrected chi connectivity index (χ0v) is 64.1. The van der Waals surface area contributed by atoms with Crippen LogP contribution in [0.25, 0.3) is 0 Å². The highest BCUT2D eigenvalue weighted by molar-refractivity contribution is 5.62. The van der Waals surface area contributed by atoms with Gasteiger partial charge in [0.15, 0.2) is 0 Å². The van der Waals surface area contributed by atoms with Gasteiger partial charge in [0.2, 0.25) is 0 Å². The summed E-state index contributed by atoms with van der Waals surface area (Å²) in [6.45, 7) is -38.7. The van der Waals surface area contributed by atoms with Crippen molar-refractivity contribution in [2.75, 3.05) is 79.3 Å². The van der Waals surface area contributed by atoms with Gasteiger partial charge in [-0.1, -0.05) is 0 Å². The summed E-state index contributed by atoms with van der Waals surface area (Å²) in [5, 5.41) is 41.7. The van der Waals surface area contributed by atoms with Crippen molar-refractivity contribution in [3.63, 3.8) is 0 Å². The number of halogens is 68. The lowest BCUT2D eigenvalue weighted by Gasteiger charge is -2.75. The Kier molecular flexibility index (Phi) is 22.2. The van der Waals surface area contributed by atoms with Gasteiger partial charge in [-0.3, -0.25) is 0 Å². The van der Waals surface area contributed by atoms with E-state index in [0.29, 0.717) is 0 Å². The van der Waals surface area contributed by atoms with E-state index < -0.39 is 365 Å². The number of ether oxygens (including phenoxy) is 8. The summed E-state index contributed by atoms with van der Waals surface area (Å²) in [6, 6.07) is 0. The highest BCUT2D eigenvalue weighted by Crippen LogP contribution is 2.97. The van der Waals surface area contributed by atoms with Crippen molar-refractivity contribution < 1.29 is 357 Å². The van der Waals surface area contributed by atoms with Crippen LogP contribution in [-0.2, 0) is 37.9 Å². The molecule has 4 unspecified atom stereocenters. The molecule has 0 aliphatic heterocycles. The monoisotopic (exact) mass is 2250 g/mol. The van der Waals surface area contributed by atoms with Crippen molar-refractivity contribution >= 4 is 0 Å². The minimum Gasteiger partial charge on any atom is -0.388 e. The van der Waals surface area contributed by atoms with Gasteiger partial charge in [-0.2, -0.15) is 211 Å². The molecular formula is C61H32F68O12. The molecule has 12 nitrogen and oxygen atoms in total. The zero-order valence-electron chi connectivity index (χ0n) is 64.1. The van der Waals surface area contributed by atoms with Gasteiger partial charge in [0.1, 0.15) is 24.4 Å². The molecule has 16 aliphatic carbocycles. The molecule has 0 aromatic heterocycles. The number of aliphatic hydroxyl groups is 4. The maximum Gasteiger partial charge on any atom is 0.397 e. The Morgan fingerprint density at radius 2 is 0.227 bits per heavy atom. The molecule has 16 fully saturated rings. The normalized spacial score (nSPS) is 47.7. The Morgan fingerprint density at radius 3 is 0.319 bits per heavy atom. The summed E-state index contributed by atoms with van der Waals surface area (Å²) in [7, 11) is 0. The maximum absolute atomic E-state index is 16.7. The van der Waals surface area contributed by atoms with Crippen LogP contribution >= 0.6 is 0 Å². The third-order valence-corrected chi connectivity index (χ3v) is 27.4. The molecule has 0 heterocycles. The van der Waals surface area contributed by atoms with E-state index >= 15 is 263 Å². The Bertz CT molecular complexity index is 4080. The summed E-state index contributed by atoms with van der Waals surface area (Å²) < 4.78 is 1090. The highest BCUT2D eigenvalue weighted by Gasteiger charge is 3.31. The summed E-state index contributed by atoms with van der Waals surface area (Å²) >= 11 is 0. The van der Waals surface area contributed by atoms with Crippen LogP contribution in [0, 0.1) is 5.41 Å². The van der Waals surface area contributed by atoms with E-state index in [1.54, 1.807) is 0 Å². The summed E-state index contributed by atoms with van der Waals surface area (Å²) in [6.07, 6.45) is -51.4. The predicted octanol–water partition coefficient (Wildman–Crippen LogP) is 17.0. The lowest BCUT2D eigenvalue weighted by Crippen LogP contribution is -3.10. The van der Waals surface area contributed by atoms with E-state index in [4.69, 9.17) is 0 Å². The SMILES string of the molecule is OC(COCC(COCC(O)COC(F)(F)C1(F)C2(F)C(F)(F)C3(F)C(F)(F)C(F)(C2(F)F)C(F)(F)C1(F)C3(F)F)(COCC(O)COC(F)(F)C1(F)C2(F)C(F)(F)C3(F)C(F)(F)C(F)(C2(F)F)C(F)(F)C1(F)C3(F)F)COCC(O)COC(F)(F)C1(F)C2(F)C(F)(F)C3(F)C(F)(F)C(F)(C2(F)F)C(F)(F)C1(F)C3(F)F)COC(F)(F)C1(F)C2(F)C(F)(F)C3(F)C(F)(F)C(F)(C2(F)F)C(F)(F)C1(F)C3(F)F. The Labute approximate surface area is 722 Å². The van der Waals surface area contributed by atoms with Crippen LogP contribution in [0.2, 0.25) is 0 Å². The van der Waals surface area contributed by atoms with E-state index in [1.165, 1.54) is 0 Å². The summed E-state index contributed by atoms with van der Waals surface area (Å²) in [5.74, 6) is -181. The largest absolute Gasteiger partial charge is 0.397 e. The second kappa shape index (κ2) is 27.4. The van der Waals surface area contributed by atoms with E-state index in [0.717, 1.165) is 0 Å². The van der Waals surface area contributed by atoms with Crippen molar-refractivity contribution in [1.29, 1.82) is 0 Å². The smallest absolute Gasteiger partial charge is 0.388 e. The van der Waals surface area contributed by atoms with Crippen molar-refractivity contribution in [2.24, 2.45) is 5.41 Å². The Morgan fingerprint density at radius 1 is 0.142 bits per heavy atom. The molecule has 16 aliphatic rings. The number of aliphatic hydroxyl groups excluding tert-OH is 4. The molecule has 16 bridgehead atoms. The van der Waals surface area contributed by atoms with Crippen LogP contribution < -0.4 is 0 Å². The first-order valence-electron chi connectivity index (χ1n) is 35.8. The first kappa shape index (κ1) is 114. The van der Waals surface area contributed by atoms with Gasteiger partial charge in [-0.25, -0.2) is 87.8 Å². The number of alkyl halides is 68. The average Bonchev–Trinajstić information content (AvgIpc) is 0.597. The van der Waals surface area contributed by atoms with Crippen LogP contribution in [-0.4, -0.2) is 380 Å². The first-order chi connectivity index (χ1) is 61.4. The molecule has 0 saturated heterocycles. The van der Waals surface area contributed by atoms with E-state index in [9.17, 15) is 55.5 Å². The Balaban J connectivity index is 0.903. The number of hydrogen-bond donors (Lipinski definition) is 4. The predicted molar refractivity (Wildman–Crippen MR) is 289 cm³/mol. The lowest BCUT2D eigenvalue weighted by atomic mass is 9.37. The molecule has 4 atom stereocenters. The molecular weight excluding hydrogens is 2220 g/mol. The fraction of sp³-hybridized carbons (Fsp3) is 1.00. The van der Waals surface area contributed by atoms with E-state index in [1.807, 2.05) is 0 Å². The van der Waals surface area contributed by atoms with Gasteiger partial charge in [0.05, 0.1) is 84.7 Å². The second-order valence-corrected chi connectivity index (χ2v) is 34.1. The molecule has 16 rings (SSSR count). The molecule has 141 heavy (non-hydrogen) atoms. The van der Waals surface area contributed by atoms with Gasteiger partial charge >= 0.3 is 188 Å². The number of hydrogen-bond acceptors (Lipinski definition) is 12. The molecule has 824 valence electrons. The maximum atomic E-state index is 16.7. The van der Waals surface area contributed by atoms with Crippen molar-refractivity contribution in [3.05, 3.63) is 0 Å². The lowest BCUT2D eigenvalue weighted by molar-refractivity contribution is -0.614. The van der Waals surface area contributed by atoms with Gasteiger partial charge in [-0.05, 0) is 0 Å². The van der Waals surface area contributed by atoms with Crippen LogP contribution in [0.1, 0.15) is 0 Å². The highest BCUT2D eigenvalue weighted by atomic mass is 19.4. The fourth-order valence-electron chi connectivity index (χ4n) is 20.4. The molecule has 0 aromatic rings. The molecule has 16 saturated carbocycles. The number of rotatable bonds is 32. The quantitative estimate of drug-likeness (QED) is 0.0474. The second-order valence-electron chi connectivity index (χ2n) is 34.1.